The summed E-state index contributed by atoms with van der Waals surface area (Å²) in [6.07, 6.45) is 0.988. The summed E-state index contributed by atoms with van der Waals surface area (Å²) in [5, 5.41) is 20.7. The number of benzene rings is 2. The Kier molecular flexibility index (Phi) is 3.40. The molecule has 1 heterocycles. The van der Waals surface area contributed by atoms with Gasteiger partial charge in [0.15, 0.2) is 0 Å². The first-order chi connectivity index (χ1) is 10.6. The van der Waals surface area contributed by atoms with Crippen molar-refractivity contribution in [1.29, 1.82) is 0 Å². The summed E-state index contributed by atoms with van der Waals surface area (Å²) < 4.78 is 5.05. The molecule has 0 spiro atoms. The molecule has 22 heavy (non-hydrogen) atoms. The van der Waals surface area contributed by atoms with Crippen molar-refractivity contribution in [2.75, 3.05) is 5.32 Å². The number of nitro groups is 1. The van der Waals surface area contributed by atoms with E-state index >= 15 is 0 Å². The minimum absolute atomic E-state index is 0.0718. The fourth-order valence-electron chi connectivity index (χ4n) is 1.90. The lowest BCUT2D eigenvalue weighted by atomic mass is 10.2. The second-order valence-electron chi connectivity index (χ2n) is 4.44. The van der Waals surface area contributed by atoms with Crippen LogP contribution in [0.5, 0.6) is 5.75 Å². The molecular weight excluding hydrogens is 288 g/mol. The average Bonchev–Trinajstić information content (AvgIpc) is 2.95. The molecule has 1 amide bonds. The Labute approximate surface area is 123 Å². The highest BCUT2D eigenvalue weighted by molar-refractivity contribution is 5.90. The molecule has 0 unspecified atom stereocenters. The summed E-state index contributed by atoms with van der Waals surface area (Å²) in [5.74, 6) is 0.214. The maximum absolute atomic E-state index is 11.8. The Morgan fingerprint density at radius 3 is 2.73 bits per heavy atom. The van der Waals surface area contributed by atoms with Crippen molar-refractivity contribution in [2.24, 2.45) is 0 Å². The number of hydrogen-bond donors (Lipinski definition) is 2. The number of nitrogens with one attached hydrogen (secondary N) is 2. The van der Waals surface area contributed by atoms with Crippen molar-refractivity contribution in [3.8, 4) is 5.75 Å². The van der Waals surface area contributed by atoms with E-state index < -0.39 is 11.0 Å². The van der Waals surface area contributed by atoms with Gasteiger partial charge in [-0.05, 0) is 30.3 Å². The molecule has 2 N–H and O–H groups in total. The molecule has 0 aliphatic carbocycles. The molecule has 0 atom stereocenters. The minimum Gasteiger partial charge on any atom is -0.410 e. The number of H-pyrrole nitrogens is 1. The van der Waals surface area contributed by atoms with Crippen LogP contribution in [0.4, 0.5) is 16.2 Å². The molecule has 1 aromatic heterocycles. The SMILES string of the molecule is O=C(Nc1ccc2cn[nH]c2c1)Oc1ccc([N+](=O)[O-])cc1. The third kappa shape index (κ3) is 2.85. The largest absolute Gasteiger partial charge is 0.417 e. The maximum Gasteiger partial charge on any atom is 0.417 e. The molecule has 8 nitrogen and oxygen atoms in total. The summed E-state index contributed by atoms with van der Waals surface area (Å²) >= 11 is 0. The first kappa shape index (κ1) is 13.6. The van der Waals surface area contributed by atoms with Gasteiger partial charge in [0.2, 0.25) is 0 Å². The second-order valence-corrected chi connectivity index (χ2v) is 4.44. The average molecular weight is 298 g/mol. The van der Waals surface area contributed by atoms with Crippen molar-refractivity contribution >= 4 is 28.4 Å². The van der Waals surface area contributed by atoms with Crippen LogP contribution in [0, 0.1) is 10.1 Å². The smallest absolute Gasteiger partial charge is 0.410 e. The molecule has 0 saturated heterocycles. The third-order valence-electron chi connectivity index (χ3n) is 2.95. The summed E-state index contributed by atoms with van der Waals surface area (Å²) in [7, 11) is 0. The Hall–Kier alpha value is -3.42. The fourth-order valence-corrected chi connectivity index (χ4v) is 1.90. The van der Waals surface area contributed by atoms with Gasteiger partial charge in [0.05, 0.1) is 16.6 Å². The van der Waals surface area contributed by atoms with Crippen LogP contribution in [0.1, 0.15) is 0 Å². The standard InChI is InChI=1S/C14H10N4O4/c19-14(22-12-5-3-11(4-6-12)18(20)21)16-10-2-1-9-8-15-17-13(9)7-10/h1-8H,(H,15,17)(H,16,19). The molecule has 3 rings (SSSR count). The predicted octanol–water partition coefficient (Wildman–Crippen LogP) is 3.08. The van der Waals surface area contributed by atoms with Gasteiger partial charge >= 0.3 is 6.09 Å². The molecule has 0 fully saturated rings. The highest BCUT2D eigenvalue weighted by Gasteiger charge is 2.09. The van der Waals surface area contributed by atoms with Gasteiger partial charge in [-0.25, -0.2) is 4.79 Å². The van der Waals surface area contributed by atoms with Crippen LogP contribution >= 0.6 is 0 Å². The van der Waals surface area contributed by atoms with Crippen molar-refractivity contribution in [3.63, 3.8) is 0 Å². The second kappa shape index (κ2) is 5.52. The number of amides is 1. The van der Waals surface area contributed by atoms with E-state index in [9.17, 15) is 14.9 Å². The summed E-state index contributed by atoms with van der Waals surface area (Å²) in [5.41, 5.74) is 1.26. The monoisotopic (exact) mass is 298 g/mol. The number of anilines is 1. The number of nitrogens with zero attached hydrogens (tertiary/aromatic N) is 2. The number of aromatic amines is 1. The first-order valence-corrected chi connectivity index (χ1v) is 6.28. The van der Waals surface area contributed by atoms with Crippen molar-refractivity contribution in [2.45, 2.75) is 0 Å². The molecule has 0 aliphatic heterocycles. The lowest BCUT2D eigenvalue weighted by Gasteiger charge is -2.06. The molecule has 110 valence electrons. The number of fused-ring (bicyclic) bond motifs is 1. The van der Waals surface area contributed by atoms with E-state index in [1.807, 2.05) is 0 Å². The molecule has 3 aromatic rings. The number of carbonyl (C=O) groups is 1. The maximum atomic E-state index is 11.8. The van der Waals surface area contributed by atoms with Crippen molar-refractivity contribution < 1.29 is 14.5 Å². The van der Waals surface area contributed by atoms with E-state index in [1.165, 1.54) is 24.3 Å². The van der Waals surface area contributed by atoms with Gasteiger partial charge in [-0.2, -0.15) is 5.10 Å². The topological polar surface area (TPSA) is 110 Å². The van der Waals surface area contributed by atoms with Gasteiger partial charge in [0.25, 0.3) is 5.69 Å². The fraction of sp³-hybridized carbons (Fsp3) is 0. The first-order valence-electron chi connectivity index (χ1n) is 6.28. The van der Waals surface area contributed by atoms with Crippen molar-refractivity contribution in [3.05, 3.63) is 58.8 Å². The lowest BCUT2D eigenvalue weighted by molar-refractivity contribution is -0.384. The zero-order valence-corrected chi connectivity index (χ0v) is 11.1. The molecule has 0 radical (unpaired) electrons. The van der Waals surface area contributed by atoms with Gasteiger partial charge in [-0.15, -0.1) is 0 Å². The summed E-state index contributed by atoms with van der Waals surface area (Å²) in [6, 6.07) is 10.5. The van der Waals surface area contributed by atoms with Gasteiger partial charge in [0.1, 0.15) is 5.75 Å². The number of ether oxygens (including phenoxy) is 1. The predicted molar refractivity (Wildman–Crippen MR) is 78.8 cm³/mol. The Bertz CT molecular complexity index is 841. The number of aromatic nitrogens is 2. The van der Waals surface area contributed by atoms with Crippen LogP contribution < -0.4 is 10.1 Å². The molecule has 8 heteroatoms. The lowest BCUT2D eigenvalue weighted by Crippen LogP contribution is -2.16. The van der Waals surface area contributed by atoms with Crippen LogP contribution in [0.25, 0.3) is 10.9 Å². The van der Waals surface area contributed by atoms with E-state index in [0.29, 0.717) is 5.69 Å². The normalized spacial score (nSPS) is 10.4. The molecular formula is C14H10N4O4. The van der Waals surface area contributed by atoms with Crippen LogP contribution in [0.3, 0.4) is 0 Å². The number of hydrogen-bond acceptors (Lipinski definition) is 5. The van der Waals surface area contributed by atoms with Crippen molar-refractivity contribution in [1.82, 2.24) is 10.2 Å². The highest BCUT2D eigenvalue weighted by Crippen LogP contribution is 2.19. The Morgan fingerprint density at radius 2 is 2.00 bits per heavy atom. The number of carbonyl (C=O) groups excluding carboxylic acids is 1. The molecule has 0 aliphatic rings. The summed E-state index contributed by atoms with van der Waals surface area (Å²) in [4.78, 5) is 21.8. The quantitative estimate of drug-likeness (QED) is 0.570. The van der Waals surface area contributed by atoms with Crippen LogP contribution in [0.15, 0.2) is 48.7 Å². The van der Waals surface area contributed by atoms with Crippen LogP contribution in [0.2, 0.25) is 0 Å². The number of nitro benzene ring substituents is 1. The third-order valence-corrected chi connectivity index (χ3v) is 2.95. The summed E-state index contributed by atoms with van der Waals surface area (Å²) in [6.45, 7) is 0. The van der Waals surface area contributed by atoms with E-state index in [1.54, 1.807) is 24.4 Å². The van der Waals surface area contributed by atoms with Gasteiger partial charge < -0.3 is 4.74 Å². The molecule has 2 aromatic carbocycles. The van der Waals surface area contributed by atoms with Gasteiger partial charge in [-0.1, -0.05) is 0 Å². The highest BCUT2D eigenvalue weighted by atomic mass is 16.6. The van der Waals surface area contributed by atoms with E-state index in [4.69, 9.17) is 4.74 Å². The van der Waals surface area contributed by atoms with Gasteiger partial charge in [0, 0.05) is 23.2 Å². The molecule has 0 bridgehead atoms. The minimum atomic E-state index is -0.687. The van der Waals surface area contributed by atoms with Gasteiger partial charge in [-0.3, -0.25) is 20.5 Å². The van der Waals surface area contributed by atoms with E-state index in [2.05, 4.69) is 15.5 Å². The van der Waals surface area contributed by atoms with Crippen LogP contribution in [-0.4, -0.2) is 21.2 Å². The Balaban J connectivity index is 1.67. The van der Waals surface area contributed by atoms with Crippen LogP contribution in [-0.2, 0) is 0 Å². The number of rotatable bonds is 3. The zero-order chi connectivity index (χ0) is 15.5. The molecule has 0 saturated carbocycles. The van der Waals surface area contributed by atoms with E-state index in [0.717, 1.165) is 10.9 Å². The Morgan fingerprint density at radius 1 is 1.23 bits per heavy atom. The number of non-ortho nitro benzene ring substituents is 1. The zero-order valence-electron chi connectivity index (χ0n) is 11.1. The van der Waals surface area contributed by atoms with E-state index in [-0.39, 0.29) is 11.4 Å².